The number of halogens is 2. The van der Waals surface area contributed by atoms with Crippen molar-refractivity contribution in [3.05, 3.63) is 77.1 Å². The molecule has 0 spiro atoms. The molecule has 1 aromatic heterocycles. The van der Waals surface area contributed by atoms with Crippen molar-refractivity contribution in [1.29, 1.82) is 0 Å². The SMILES string of the molecule is CC=CC(=O)N(C)CCOc1c(N)ncnc1-c1cc(F)cc(NC(=O)c2ccc(C3CC3)cc2F)c1C. The largest absolute Gasteiger partial charge is 0.486 e. The minimum atomic E-state index is -0.697. The summed E-state index contributed by atoms with van der Waals surface area (Å²) in [4.78, 5) is 34.5. The van der Waals surface area contributed by atoms with Crippen LogP contribution in [0, 0.1) is 18.6 Å². The van der Waals surface area contributed by atoms with Gasteiger partial charge in [-0.2, -0.15) is 0 Å². The number of carbonyl (C=O) groups is 2. The normalized spacial score (nSPS) is 13.0. The fraction of sp³-hybridized carbons (Fsp3) is 0.286. The van der Waals surface area contributed by atoms with Gasteiger partial charge in [-0.3, -0.25) is 9.59 Å². The minimum Gasteiger partial charge on any atom is -0.486 e. The Labute approximate surface area is 219 Å². The van der Waals surface area contributed by atoms with Crippen molar-refractivity contribution in [1.82, 2.24) is 14.9 Å². The third kappa shape index (κ3) is 5.96. The van der Waals surface area contributed by atoms with Crippen molar-refractivity contribution in [3.8, 4) is 17.0 Å². The number of rotatable bonds is 9. The van der Waals surface area contributed by atoms with Crippen molar-refractivity contribution in [2.75, 3.05) is 31.2 Å². The second-order valence-corrected chi connectivity index (χ2v) is 9.14. The van der Waals surface area contributed by atoms with Gasteiger partial charge in [0.05, 0.1) is 12.1 Å². The van der Waals surface area contributed by atoms with Gasteiger partial charge >= 0.3 is 0 Å². The van der Waals surface area contributed by atoms with Crippen LogP contribution in [0.1, 0.15) is 47.2 Å². The molecule has 3 N–H and O–H groups in total. The molecule has 0 saturated heterocycles. The van der Waals surface area contributed by atoms with E-state index in [-0.39, 0.29) is 47.6 Å². The number of likely N-dealkylation sites (N-methyl/N-ethyl adjacent to an activating group) is 1. The lowest BCUT2D eigenvalue weighted by Crippen LogP contribution is -2.29. The van der Waals surface area contributed by atoms with Gasteiger partial charge in [-0.25, -0.2) is 18.7 Å². The van der Waals surface area contributed by atoms with E-state index in [1.54, 1.807) is 33.0 Å². The van der Waals surface area contributed by atoms with Crippen LogP contribution in [0.15, 0.2) is 48.8 Å². The van der Waals surface area contributed by atoms with Crippen molar-refractivity contribution in [3.63, 3.8) is 0 Å². The number of anilines is 2. The molecule has 198 valence electrons. The number of nitrogen functional groups attached to an aromatic ring is 1. The van der Waals surface area contributed by atoms with E-state index >= 15 is 0 Å². The highest BCUT2D eigenvalue weighted by Gasteiger charge is 2.25. The van der Waals surface area contributed by atoms with Gasteiger partial charge in [0.1, 0.15) is 30.3 Å². The Morgan fingerprint density at radius 2 is 1.97 bits per heavy atom. The standard InChI is InChI=1S/C28H29F2N5O3/c1-4-5-24(36)35(3)10-11-38-26-25(32-15-33-27(26)31)21-13-19(29)14-23(16(21)2)34-28(37)20-9-8-18(12-22(20)30)17-6-7-17/h4-5,8-9,12-15,17H,6-7,10-11H2,1-3H3,(H,34,37)(H2,31,32,33). The van der Waals surface area contributed by atoms with Gasteiger partial charge in [0.25, 0.3) is 5.91 Å². The average molecular weight is 522 g/mol. The summed E-state index contributed by atoms with van der Waals surface area (Å²) in [6, 6.07) is 6.97. The lowest BCUT2D eigenvalue weighted by Gasteiger charge is -2.18. The summed E-state index contributed by atoms with van der Waals surface area (Å²) in [5.74, 6) is -1.66. The predicted molar refractivity (Wildman–Crippen MR) is 141 cm³/mol. The maximum absolute atomic E-state index is 14.7. The van der Waals surface area contributed by atoms with E-state index < -0.39 is 17.5 Å². The van der Waals surface area contributed by atoms with Gasteiger partial charge in [0.15, 0.2) is 11.6 Å². The van der Waals surface area contributed by atoms with Gasteiger partial charge in [-0.05, 0) is 74.1 Å². The van der Waals surface area contributed by atoms with Crippen LogP contribution in [0.25, 0.3) is 11.3 Å². The number of hydrogen-bond acceptors (Lipinski definition) is 6. The predicted octanol–water partition coefficient (Wildman–Crippen LogP) is 4.86. The number of benzene rings is 2. The first kappa shape index (κ1) is 26.7. The van der Waals surface area contributed by atoms with E-state index in [9.17, 15) is 18.4 Å². The summed E-state index contributed by atoms with van der Waals surface area (Å²) in [7, 11) is 1.63. The van der Waals surface area contributed by atoms with Gasteiger partial charge in [0.2, 0.25) is 5.91 Å². The second kappa shape index (κ2) is 11.4. The number of aromatic nitrogens is 2. The van der Waals surface area contributed by atoms with Crippen LogP contribution in [0.5, 0.6) is 5.75 Å². The fourth-order valence-corrected chi connectivity index (χ4v) is 4.02. The number of ether oxygens (including phenoxy) is 1. The first-order valence-electron chi connectivity index (χ1n) is 12.2. The quantitative estimate of drug-likeness (QED) is 0.390. The maximum Gasteiger partial charge on any atom is 0.258 e. The molecule has 2 amide bonds. The molecule has 2 aromatic carbocycles. The van der Waals surface area contributed by atoms with E-state index in [0.717, 1.165) is 24.5 Å². The zero-order chi connectivity index (χ0) is 27.4. The van der Waals surface area contributed by atoms with Crippen molar-refractivity contribution in [2.24, 2.45) is 0 Å². The molecule has 0 radical (unpaired) electrons. The Bertz CT molecular complexity index is 1410. The summed E-state index contributed by atoms with van der Waals surface area (Å²) >= 11 is 0. The Hall–Kier alpha value is -4.34. The Morgan fingerprint density at radius 3 is 2.66 bits per heavy atom. The number of allylic oxidation sites excluding steroid dienone is 1. The highest BCUT2D eigenvalue weighted by atomic mass is 19.1. The van der Waals surface area contributed by atoms with Crippen LogP contribution in [0.4, 0.5) is 20.3 Å². The molecule has 1 heterocycles. The number of nitrogens with two attached hydrogens (primary N) is 1. The molecule has 3 aromatic rings. The topological polar surface area (TPSA) is 110 Å². The van der Waals surface area contributed by atoms with E-state index in [1.165, 1.54) is 35.5 Å². The zero-order valence-corrected chi connectivity index (χ0v) is 21.4. The third-order valence-electron chi connectivity index (χ3n) is 6.35. The monoisotopic (exact) mass is 521 g/mol. The summed E-state index contributed by atoms with van der Waals surface area (Å²) in [6.07, 6.45) is 6.33. The van der Waals surface area contributed by atoms with Crippen LogP contribution < -0.4 is 15.8 Å². The molecular formula is C28H29F2N5O3. The molecule has 10 heteroatoms. The van der Waals surface area contributed by atoms with E-state index in [2.05, 4.69) is 15.3 Å². The molecule has 4 rings (SSSR count). The van der Waals surface area contributed by atoms with E-state index in [0.29, 0.717) is 17.0 Å². The van der Waals surface area contributed by atoms with Crippen molar-refractivity contribution in [2.45, 2.75) is 32.6 Å². The maximum atomic E-state index is 14.7. The average Bonchev–Trinajstić information content (AvgIpc) is 3.72. The molecule has 8 nitrogen and oxygen atoms in total. The number of nitrogens with one attached hydrogen (secondary N) is 1. The summed E-state index contributed by atoms with van der Waals surface area (Å²) in [5, 5.41) is 2.61. The highest BCUT2D eigenvalue weighted by Crippen LogP contribution is 2.40. The lowest BCUT2D eigenvalue weighted by atomic mass is 10.0. The first-order valence-corrected chi connectivity index (χ1v) is 12.2. The number of amides is 2. The zero-order valence-electron chi connectivity index (χ0n) is 21.4. The summed E-state index contributed by atoms with van der Waals surface area (Å²) in [6.45, 7) is 3.75. The van der Waals surface area contributed by atoms with E-state index in [1.807, 2.05) is 0 Å². The molecule has 0 unspecified atom stereocenters. The third-order valence-corrected chi connectivity index (χ3v) is 6.35. The molecular weight excluding hydrogens is 492 g/mol. The minimum absolute atomic E-state index is 0.0319. The summed E-state index contributed by atoms with van der Waals surface area (Å²) < 4.78 is 35.2. The molecule has 1 fully saturated rings. The number of carbonyl (C=O) groups excluding carboxylic acids is 2. The number of nitrogens with zero attached hydrogens (tertiary/aromatic N) is 3. The van der Waals surface area contributed by atoms with Crippen LogP contribution in [0.3, 0.4) is 0 Å². The smallest absolute Gasteiger partial charge is 0.258 e. The molecule has 38 heavy (non-hydrogen) atoms. The first-order chi connectivity index (χ1) is 18.2. The van der Waals surface area contributed by atoms with Gasteiger partial charge in [-0.1, -0.05) is 12.1 Å². The lowest BCUT2D eigenvalue weighted by molar-refractivity contribution is -0.125. The van der Waals surface area contributed by atoms with Gasteiger partial charge in [0, 0.05) is 18.3 Å². The van der Waals surface area contributed by atoms with Crippen LogP contribution >= 0.6 is 0 Å². The second-order valence-electron chi connectivity index (χ2n) is 9.14. The van der Waals surface area contributed by atoms with Crippen molar-refractivity contribution >= 4 is 23.3 Å². The van der Waals surface area contributed by atoms with Crippen LogP contribution in [-0.2, 0) is 4.79 Å². The molecule has 1 aliphatic rings. The van der Waals surface area contributed by atoms with Gasteiger partial charge < -0.3 is 20.7 Å². The molecule has 1 aliphatic carbocycles. The molecule has 0 bridgehead atoms. The summed E-state index contributed by atoms with van der Waals surface area (Å²) in [5.41, 5.74) is 7.93. The highest BCUT2D eigenvalue weighted by molar-refractivity contribution is 6.05. The van der Waals surface area contributed by atoms with Crippen molar-refractivity contribution < 1.29 is 23.1 Å². The Balaban J connectivity index is 1.58. The van der Waals surface area contributed by atoms with E-state index in [4.69, 9.17) is 10.5 Å². The fourth-order valence-electron chi connectivity index (χ4n) is 4.02. The molecule has 1 saturated carbocycles. The molecule has 0 atom stereocenters. The number of hydrogen-bond donors (Lipinski definition) is 2. The van der Waals surface area contributed by atoms with Gasteiger partial charge in [-0.15, -0.1) is 0 Å². The molecule has 0 aliphatic heterocycles. The Morgan fingerprint density at radius 1 is 1.21 bits per heavy atom. The van der Waals surface area contributed by atoms with Crippen LogP contribution in [-0.4, -0.2) is 46.9 Å². The van der Waals surface area contributed by atoms with Crippen LogP contribution in [0.2, 0.25) is 0 Å². The Kier molecular flexibility index (Phi) is 7.99.